The van der Waals surface area contributed by atoms with Gasteiger partial charge in [0, 0.05) is 17.3 Å². The van der Waals surface area contributed by atoms with Crippen LogP contribution in [0.2, 0.25) is 5.02 Å². The number of nitrogens with one attached hydrogen (secondary N) is 3. The lowest BCUT2D eigenvalue weighted by Gasteiger charge is -2.15. The van der Waals surface area contributed by atoms with Crippen molar-refractivity contribution in [3.05, 3.63) is 28.8 Å². The normalized spacial score (nSPS) is 11.6. The van der Waals surface area contributed by atoms with Gasteiger partial charge in [-0.25, -0.2) is 4.79 Å². The van der Waals surface area contributed by atoms with Gasteiger partial charge in [0.25, 0.3) is 0 Å². The maximum Gasteiger partial charge on any atom is 0.319 e. The summed E-state index contributed by atoms with van der Waals surface area (Å²) in [4.78, 5) is 23.5. The second kappa shape index (κ2) is 7.75. The first-order chi connectivity index (χ1) is 9.45. The van der Waals surface area contributed by atoms with E-state index in [4.69, 9.17) is 11.6 Å². The van der Waals surface area contributed by atoms with E-state index in [-0.39, 0.29) is 5.91 Å². The quantitative estimate of drug-likeness (QED) is 0.782. The Labute approximate surface area is 124 Å². The van der Waals surface area contributed by atoms with Crippen LogP contribution in [0, 0.1) is 6.92 Å². The molecule has 1 aromatic rings. The summed E-state index contributed by atoms with van der Waals surface area (Å²) in [5, 5.41) is 8.56. The second-order valence-corrected chi connectivity index (χ2v) is 4.93. The number of amides is 3. The Balaban J connectivity index is 2.55. The number of hydrogen-bond donors (Lipinski definition) is 3. The smallest absolute Gasteiger partial charge is 0.319 e. The third-order valence-corrected chi connectivity index (χ3v) is 3.22. The Kier molecular flexibility index (Phi) is 6.31. The van der Waals surface area contributed by atoms with Crippen LogP contribution in [0.15, 0.2) is 18.2 Å². The van der Waals surface area contributed by atoms with Crippen molar-refractivity contribution < 1.29 is 9.59 Å². The number of hydrogen-bond acceptors (Lipinski definition) is 2. The minimum atomic E-state index is -0.596. The van der Waals surface area contributed by atoms with Crippen LogP contribution >= 0.6 is 11.6 Å². The number of urea groups is 1. The molecule has 0 aromatic heterocycles. The molecule has 6 heteroatoms. The van der Waals surface area contributed by atoms with Crippen molar-refractivity contribution in [2.75, 3.05) is 11.9 Å². The number of anilines is 1. The molecule has 3 amide bonds. The van der Waals surface area contributed by atoms with Gasteiger partial charge in [-0.05, 0) is 38.0 Å². The van der Waals surface area contributed by atoms with Gasteiger partial charge in [0.15, 0.2) is 0 Å². The highest BCUT2D eigenvalue weighted by Crippen LogP contribution is 2.22. The van der Waals surface area contributed by atoms with Gasteiger partial charge in [0.05, 0.1) is 0 Å². The fourth-order valence-corrected chi connectivity index (χ4v) is 1.74. The molecule has 0 saturated carbocycles. The average molecular weight is 298 g/mol. The maximum absolute atomic E-state index is 11.8. The van der Waals surface area contributed by atoms with Gasteiger partial charge >= 0.3 is 6.03 Å². The molecule has 0 fully saturated rings. The molecule has 0 saturated heterocycles. The van der Waals surface area contributed by atoms with Crippen LogP contribution in [0.5, 0.6) is 0 Å². The number of rotatable bonds is 5. The van der Waals surface area contributed by atoms with E-state index >= 15 is 0 Å². The molecule has 20 heavy (non-hydrogen) atoms. The summed E-state index contributed by atoms with van der Waals surface area (Å²) in [7, 11) is 0. The molecule has 110 valence electrons. The van der Waals surface area contributed by atoms with Crippen LogP contribution in [0.3, 0.4) is 0 Å². The summed E-state index contributed by atoms with van der Waals surface area (Å²) in [5.41, 5.74) is 1.41. The summed E-state index contributed by atoms with van der Waals surface area (Å²) >= 11 is 5.97. The molecule has 5 nitrogen and oxygen atoms in total. The van der Waals surface area contributed by atoms with E-state index in [9.17, 15) is 9.59 Å². The first-order valence-corrected chi connectivity index (χ1v) is 6.93. The first kappa shape index (κ1) is 16.3. The molecule has 1 unspecified atom stereocenters. The predicted molar refractivity (Wildman–Crippen MR) is 81.1 cm³/mol. The molecular formula is C14H20ClN3O2. The molecule has 1 atom stereocenters. The van der Waals surface area contributed by atoms with Crippen molar-refractivity contribution in [2.24, 2.45) is 0 Å². The van der Waals surface area contributed by atoms with E-state index in [1.807, 2.05) is 13.8 Å². The standard InChI is InChI=1S/C14H20ClN3O2/c1-4-8-16-13(19)10(3)17-14(20)18-12-7-5-6-11(15)9(12)2/h5-7,10H,4,8H2,1-3H3,(H,16,19)(H2,17,18,20). The van der Waals surface area contributed by atoms with E-state index in [1.165, 1.54) is 0 Å². The lowest BCUT2D eigenvalue weighted by Crippen LogP contribution is -2.46. The fraction of sp³-hybridized carbons (Fsp3) is 0.429. The van der Waals surface area contributed by atoms with Crippen LogP contribution < -0.4 is 16.0 Å². The molecular weight excluding hydrogens is 278 g/mol. The van der Waals surface area contributed by atoms with Crippen LogP contribution in [-0.2, 0) is 4.79 Å². The Morgan fingerprint density at radius 3 is 2.70 bits per heavy atom. The number of benzene rings is 1. The molecule has 1 aromatic carbocycles. The molecule has 0 bridgehead atoms. The lowest BCUT2D eigenvalue weighted by molar-refractivity contribution is -0.122. The van der Waals surface area contributed by atoms with Gasteiger partial charge in [0.1, 0.15) is 6.04 Å². The summed E-state index contributed by atoms with van der Waals surface area (Å²) in [6.07, 6.45) is 0.854. The predicted octanol–water partition coefficient (Wildman–Crippen LogP) is 2.68. The number of carbonyl (C=O) groups excluding carboxylic acids is 2. The maximum atomic E-state index is 11.8. The molecule has 0 radical (unpaired) electrons. The Hall–Kier alpha value is -1.75. The minimum Gasteiger partial charge on any atom is -0.354 e. The van der Waals surface area contributed by atoms with E-state index in [0.717, 1.165) is 12.0 Å². The van der Waals surface area contributed by atoms with Crippen molar-refractivity contribution in [1.29, 1.82) is 0 Å². The second-order valence-electron chi connectivity index (χ2n) is 4.52. The van der Waals surface area contributed by atoms with Crippen molar-refractivity contribution in [2.45, 2.75) is 33.2 Å². The van der Waals surface area contributed by atoms with Gasteiger partial charge in [-0.15, -0.1) is 0 Å². The summed E-state index contributed by atoms with van der Waals surface area (Å²) in [6.45, 7) is 6.01. The molecule has 0 spiro atoms. The summed E-state index contributed by atoms with van der Waals surface area (Å²) in [5.74, 6) is -0.204. The molecule has 0 aliphatic carbocycles. The lowest BCUT2D eigenvalue weighted by atomic mass is 10.2. The van der Waals surface area contributed by atoms with Gasteiger partial charge in [-0.2, -0.15) is 0 Å². The molecule has 3 N–H and O–H groups in total. The summed E-state index contributed by atoms with van der Waals surface area (Å²) < 4.78 is 0. The van der Waals surface area contributed by atoms with Gasteiger partial charge in [-0.1, -0.05) is 24.6 Å². The van der Waals surface area contributed by atoms with Gasteiger partial charge < -0.3 is 16.0 Å². The van der Waals surface area contributed by atoms with Gasteiger partial charge in [-0.3, -0.25) is 4.79 Å². The van der Waals surface area contributed by atoms with E-state index in [0.29, 0.717) is 17.3 Å². The fourth-order valence-electron chi connectivity index (χ4n) is 1.56. The van der Waals surface area contributed by atoms with E-state index < -0.39 is 12.1 Å². The highest BCUT2D eigenvalue weighted by molar-refractivity contribution is 6.31. The minimum absolute atomic E-state index is 0.204. The van der Waals surface area contributed by atoms with Crippen molar-refractivity contribution in [1.82, 2.24) is 10.6 Å². The zero-order valence-corrected chi connectivity index (χ0v) is 12.7. The zero-order valence-electron chi connectivity index (χ0n) is 11.9. The number of halogens is 1. The highest BCUT2D eigenvalue weighted by atomic mass is 35.5. The largest absolute Gasteiger partial charge is 0.354 e. The van der Waals surface area contributed by atoms with E-state index in [2.05, 4.69) is 16.0 Å². The van der Waals surface area contributed by atoms with Crippen LogP contribution in [0.25, 0.3) is 0 Å². The van der Waals surface area contributed by atoms with Crippen molar-refractivity contribution in [3.8, 4) is 0 Å². The van der Waals surface area contributed by atoms with Crippen LogP contribution in [-0.4, -0.2) is 24.5 Å². The third kappa shape index (κ3) is 4.74. The van der Waals surface area contributed by atoms with Gasteiger partial charge in [0.2, 0.25) is 5.91 Å². The first-order valence-electron chi connectivity index (χ1n) is 6.56. The SMILES string of the molecule is CCCNC(=O)C(C)NC(=O)Nc1cccc(Cl)c1C. The zero-order chi connectivity index (χ0) is 15.1. The molecule has 0 aliphatic heterocycles. The van der Waals surface area contributed by atoms with Crippen LogP contribution in [0.4, 0.5) is 10.5 Å². The monoisotopic (exact) mass is 297 g/mol. The molecule has 1 rings (SSSR count). The highest BCUT2D eigenvalue weighted by Gasteiger charge is 2.15. The third-order valence-electron chi connectivity index (χ3n) is 2.81. The Morgan fingerprint density at radius 1 is 1.35 bits per heavy atom. The average Bonchev–Trinajstić information content (AvgIpc) is 2.41. The van der Waals surface area contributed by atoms with E-state index in [1.54, 1.807) is 25.1 Å². The Morgan fingerprint density at radius 2 is 2.05 bits per heavy atom. The van der Waals surface area contributed by atoms with Crippen molar-refractivity contribution >= 4 is 29.2 Å². The van der Waals surface area contributed by atoms with Crippen molar-refractivity contribution in [3.63, 3.8) is 0 Å². The summed E-state index contributed by atoms with van der Waals surface area (Å²) in [6, 6.07) is 4.22. The molecule has 0 aliphatic rings. The molecule has 0 heterocycles. The number of carbonyl (C=O) groups is 2. The topological polar surface area (TPSA) is 70.2 Å². The Bertz CT molecular complexity index is 491. The van der Waals surface area contributed by atoms with Crippen LogP contribution in [0.1, 0.15) is 25.8 Å².